The summed E-state index contributed by atoms with van der Waals surface area (Å²) >= 11 is 0. The normalized spacial score (nSPS) is 16.9. The van der Waals surface area contributed by atoms with Gasteiger partial charge < -0.3 is 19.9 Å². The molecule has 1 fully saturated rings. The summed E-state index contributed by atoms with van der Waals surface area (Å²) in [6.45, 7) is 10.3. The molecule has 0 amide bonds. The van der Waals surface area contributed by atoms with Crippen molar-refractivity contribution in [3.8, 4) is 5.69 Å². The minimum atomic E-state index is 0.441. The van der Waals surface area contributed by atoms with Gasteiger partial charge in [0.1, 0.15) is 0 Å². The van der Waals surface area contributed by atoms with Crippen molar-refractivity contribution in [2.24, 2.45) is 4.99 Å². The Morgan fingerprint density at radius 2 is 2.07 bits per heavy atom. The summed E-state index contributed by atoms with van der Waals surface area (Å²) in [6.07, 6.45) is 5.56. The van der Waals surface area contributed by atoms with Gasteiger partial charge in [-0.3, -0.25) is 4.90 Å². The molecular weight excluding hydrogens is 340 g/mol. The van der Waals surface area contributed by atoms with Crippen molar-refractivity contribution in [3.63, 3.8) is 0 Å². The Morgan fingerprint density at radius 3 is 2.81 bits per heavy atom. The Hall–Kier alpha value is -2.38. The van der Waals surface area contributed by atoms with Gasteiger partial charge in [0.05, 0.1) is 31.8 Å². The van der Waals surface area contributed by atoms with Crippen LogP contribution in [0.3, 0.4) is 0 Å². The number of hydrogen-bond acceptors (Lipinski definition) is 4. The van der Waals surface area contributed by atoms with Crippen LogP contribution in [0.25, 0.3) is 5.69 Å². The maximum absolute atomic E-state index is 5.44. The van der Waals surface area contributed by atoms with Gasteiger partial charge in [0.2, 0.25) is 0 Å². The van der Waals surface area contributed by atoms with Gasteiger partial charge in [-0.05, 0) is 25.5 Å². The monoisotopic (exact) mass is 370 g/mol. The largest absolute Gasteiger partial charge is 0.379 e. The van der Waals surface area contributed by atoms with Crippen LogP contribution in [-0.4, -0.2) is 65.8 Å². The molecule has 0 bridgehead atoms. The number of morpholine rings is 1. The number of imidazole rings is 1. The van der Waals surface area contributed by atoms with E-state index in [9.17, 15) is 0 Å². The van der Waals surface area contributed by atoms with E-state index >= 15 is 0 Å². The topological polar surface area (TPSA) is 66.7 Å². The number of nitrogens with one attached hydrogen (secondary N) is 2. The predicted molar refractivity (Wildman–Crippen MR) is 108 cm³/mol. The van der Waals surface area contributed by atoms with E-state index in [0.29, 0.717) is 12.6 Å². The third-order valence-electron chi connectivity index (χ3n) is 4.76. The van der Waals surface area contributed by atoms with Crippen molar-refractivity contribution >= 4 is 5.96 Å². The number of benzene rings is 1. The van der Waals surface area contributed by atoms with E-state index in [4.69, 9.17) is 9.73 Å². The van der Waals surface area contributed by atoms with E-state index in [1.165, 1.54) is 0 Å². The van der Waals surface area contributed by atoms with Crippen LogP contribution in [-0.2, 0) is 11.3 Å². The number of hydrogen-bond donors (Lipinski definition) is 2. The molecule has 1 aliphatic heterocycles. The van der Waals surface area contributed by atoms with Gasteiger partial charge in [0.15, 0.2) is 5.96 Å². The number of aromatic nitrogens is 2. The van der Waals surface area contributed by atoms with Crippen molar-refractivity contribution in [1.82, 2.24) is 25.1 Å². The summed E-state index contributed by atoms with van der Waals surface area (Å²) in [5.74, 6) is 0.845. The quantitative estimate of drug-likeness (QED) is 0.573. The van der Waals surface area contributed by atoms with Gasteiger partial charge in [0.25, 0.3) is 0 Å². The second-order valence-electron chi connectivity index (χ2n) is 6.67. The highest BCUT2D eigenvalue weighted by atomic mass is 16.5. The molecular formula is C20H30N6O. The van der Waals surface area contributed by atoms with Crippen LogP contribution in [0.4, 0.5) is 0 Å². The van der Waals surface area contributed by atoms with Crippen LogP contribution in [0.1, 0.15) is 19.4 Å². The first-order valence-electron chi connectivity index (χ1n) is 9.68. The highest BCUT2D eigenvalue weighted by molar-refractivity contribution is 5.79. The van der Waals surface area contributed by atoms with Crippen molar-refractivity contribution < 1.29 is 4.74 Å². The van der Waals surface area contributed by atoms with Crippen LogP contribution in [0.5, 0.6) is 0 Å². The van der Waals surface area contributed by atoms with Crippen molar-refractivity contribution in [2.75, 3.05) is 39.4 Å². The molecule has 146 valence electrons. The van der Waals surface area contributed by atoms with E-state index in [1.54, 1.807) is 6.20 Å². The molecule has 0 radical (unpaired) electrons. The van der Waals surface area contributed by atoms with E-state index < -0.39 is 0 Å². The smallest absolute Gasteiger partial charge is 0.191 e. The summed E-state index contributed by atoms with van der Waals surface area (Å²) in [4.78, 5) is 11.4. The molecule has 0 spiro atoms. The zero-order valence-corrected chi connectivity index (χ0v) is 16.3. The second kappa shape index (κ2) is 10.1. The lowest BCUT2D eigenvalue weighted by Crippen LogP contribution is -2.49. The third-order valence-corrected chi connectivity index (χ3v) is 4.76. The number of para-hydroxylation sites is 1. The first-order valence-corrected chi connectivity index (χ1v) is 9.68. The maximum atomic E-state index is 5.44. The first-order chi connectivity index (χ1) is 13.3. The summed E-state index contributed by atoms with van der Waals surface area (Å²) in [7, 11) is 0. The van der Waals surface area contributed by atoms with Gasteiger partial charge in [-0.1, -0.05) is 18.2 Å². The Labute approximate surface area is 161 Å². The van der Waals surface area contributed by atoms with Crippen LogP contribution in [0, 0.1) is 0 Å². The number of guanidine groups is 1. The average molecular weight is 371 g/mol. The molecule has 0 saturated carbocycles. The molecule has 0 aliphatic carbocycles. The van der Waals surface area contributed by atoms with Crippen LogP contribution in [0.2, 0.25) is 0 Å². The molecule has 7 nitrogen and oxygen atoms in total. The maximum Gasteiger partial charge on any atom is 0.191 e. The molecule has 1 aliphatic rings. The molecule has 2 heterocycles. The first kappa shape index (κ1) is 19.4. The van der Waals surface area contributed by atoms with Crippen LogP contribution < -0.4 is 10.6 Å². The molecule has 1 aromatic carbocycles. The SMILES string of the molecule is CCNC(=NCc1ccccc1-n1ccnc1)NCC(C)N1CCOCC1. The fourth-order valence-electron chi connectivity index (χ4n) is 3.20. The summed E-state index contributed by atoms with van der Waals surface area (Å²) in [6, 6.07) is 8.73. The van der Waals surface area contributed by atoms with E-state index in [0.717, 1.165) is 56.6 Å². The number of ether oxygens (including phenoxy) is 1. The van der Waals surface area contributed by atoms with E-state index in [2.05, 4.69) is 46.5 Å². The van der Waals surface area contributed by atoms with Crippen LogP contribution >= 0.6 is 0 Å². The molecule has 1 saturated heterocycles. The van der Waals surface area contributed by atoms with Crippen molar-refractivity contribution in [3.05, 3.63) is 48.5 Å². The standard InChI is InChI=1S/C20H30N6O/c1-3-22-20(23-14-17(2)25-10-12-27-13-11-25)24-15-18-6-4-5-7-19(18)26-9-8-21-16-26/h4-9,16-17H,3,10-15H2,1-2H3,(H2,22,23,24). The zero-order valence-electron chi connectivity index (χ0n) is 16.3. The summed E-state index contributed by atoms with van der Waals surface area (Å²) < 4.78 is 7.46. The Kier molecular flexibility index (Phi) is 7.24. The molecule has 1 aromatic heterocycles. The molecule has 1 unspecified atom stereocenters. The average Bonchev–Trinajstić information content (AvgIpc) is 3.25. The minimum absolute atomic E-state index is 0.441. The number of rotatable bonds is 7. The number of aliphatic imine (C=N–C) groups is 1. The lowest BCUT2D eigenvalue weighted by Gasteiger charge is -2.32. The minimum Gasteiger partial charge on any atom is -0.379 e. The van der Waals surface area contributed by atoms with Crippen molar-refractivity contribution in [2.45, 2.75) is 26.4 Å². The third kappa shape index (κ3) is 5.55. The number of nitrogens with zero attached hydrogens (tertiary/aromatic N) is 4. The van der Waals surface area contributed by atoms with Gasteiger partial charge in [-0.2, -0.15) is 0 Å². The van der Waals surface area contributed by atoms with E-state index in [-0.39, 0.29) is 0 Å². The molecule has 2 N–H and O–H groups in total. The van der Waals surface area contributed by atoms with Crippen LogP contribution in [0.15, 0.2) is 48.0 Å². The van der Waals surface area contributed by atoms with Crippen molar-refractivity contribution in [1.29, 1.82) is 0 Å². The fraction of sp³-hybridized carbons (Fsp3) is 0.500. The summed E-state index contributed by atoms with van der Waals surface area (Å²) in [5.41, 5.74) is 2.27. The van der Waals surface area contributed by atoms with E-state index in [1.807, 2.05) is 29.2 Å². The molecule has 7 heteroatoms. The highest BCUT2D eigenvalue weighted by Crippen LogP contribution is 2.15. The molecule has 3 rings (SSSR count). The zero-order chi connectivity index (χ0) is 18.9. The molecule has 2 aromatic rings. The predicted octanol–water partition coefficient (Wildman–Crippen LogP) is 1.65. The van der Waals surface area contributed by atoms with Gasteiger partial charge >= 0.3 is 0 Å². The second-order valence-corrected chi connectivity index (χ2v) is 6.67. The van der Waals surface area contributed by atoms with Gasteiger partial charge in [0, 0.05) is 44.6 Å². The lowest BCUT2D eigenvalue weighted by molar-refractivity contribution is 0.0211. The lowest BCUT2D eigenvalue weighted by atomic mass is 10.2. The fourth-order valence-corrected chi connectivity index (χ4v) is 3.20. The van der Waals surface area contributed by atoms with Gasteiger partial charge in [-0.15, -0.1) is 0 Å². The Bertz CT molecular complexity index is 709. The molecule has 27 heavy (non-hydrogen) atoms. The molecule has 1 atom stereocenters. The Morgan fingerprint density at radius 1 is 1.26 bits per heavy atom. The Balaban J connectivity index is 1.62. The highest BCUT2D eigenvalue weighted by Gasteiger charge is 2.17. The van der Waals surface area contributed by atoms with Gasteiger partial charge in [-0.25, -0.2) is 9.98 Å². The summed E-state index contributed by atoms with van der Waals surface area (Å²) in [5, 5.41) is 6.82.